The van der Waals surface area contributed by atoms with Crippen molar-refractivity contribution in [2.24, 2.45) is 0 Å². The van der Waals surface area contributed by atoms with Crippen LogP contribution in [0.4, 0.5) is 0 Å². The molecule has 1 amide bonds. The van der Waals surface area contributed by atoms with E-state index < -0.39 is 0 Å². The van der Waals surface area contributed by atoms with E-state index in [-0.39, 0.29) is 18.1 Å². The molecule has 0 spiro atoms. The number of nitrogens with zero attached hydrogens (tertiary/aromatic N) is 1. The van der Waals surface area contributed by atoms with Crippen LogP contribution >= 0.6 is 11.8 Å². The van der Waals surface area contributed by atoms with Gasteiger partial charge in [-0.1, -0.05) is 0 Å². The Hall–Kier alpha value is -0.260. The molecule has 5 heteroatoms. The fourth-order valence-electron chi connectivity index (χ4n) is 2.32. The maximum Gasteiger partial charge on any atom is 0.251 e. The number of amides is 1. The van der Waals surface area contributed by atoms with E-state index in [2.05, 4.69) is 5.32 Å². The van der Waals surface area contributed by atoms with Gasteiger partial charge in [0, 0.05) is 32.4 Å². The number of nitrogens with one attached hydrogen (secondary N) is 1. The molecule has 2 fully saturated rings. The molecule has 1 N–H and O–H groups in total. The lowest BCUT2D eigenvalue weighted by Gasteiger charge is -2.18. The summed E-state index contributed by atoms with van der Waals surface area (Å²) >= 11 is 2.01. The van der Waals surface area contributed by atoms with Gasteiger partial charge in [0.15, 0.2) is 0 Å². The zero-order valence-corrected chi connectivity index (χ0v) is 11.5. The van der Waals surface area contributed by atoms with Gasteiger partial charge in [-0.25, -0.2) is 0 Å². The molecule has 3 atom stereocenters. The quantitative estimate of drug-likeness (QED) is 0.807. The van der Waals surface area contributed by atoms with Gasteiger partial charge in [-0.15, -0.1) is 0 Å². The van der Waals surface area contributed by atoms with Crippen LogP contribution in [0.15, 0.2) is 0 Å². The number of rotatable bonds is 4. The van der Waals surface area contributed by atoms with Crippen LogP contribution in [0, 0.1) is 0 Å². The minimum atomic E-state index is -0.213. The van der Waals surface area contributed by atoms with Crippen molar-refractivity contribution in [3.63, 3.8) is 0 Å². The van der Waals surface area contributed by atoms with E-state index >= 15 is 0 Å². The molecule has 4 nitrogen and oxygen atoms in total. The highest BCUT2D eigenvalue weighted by molar-refractivity contribution is 7.99. The Balaban J connectivity index is 1.68. The molecule has 17 heavy (non-hydrogen) atoms. The summed E-state index contributed by atoms with van der Waals surface area (Å²) in [7, 11) is 3.57. The first-order valence-corrected chi connectivity index (χ1v) is 7.50. The lowest BCUT2D eigenvalue weighted by molar-refractivity contribution is -0.140. The highest BCUT2D eigenvalue weighted by atomic mass is 32.2. The summed E-state index contributed by atoms with van der Waals surface area (Å²) in [5, 5.41) is 3.54. The van der Waals surface area contributed by atoms with Crippen molar-refractivity contribution in [3.8, 4) is 0 Å². The number of carbonyl (C=O) groups excluding carboxylic acids is 1. The molecule has 0 aromatic carbocycles. The minimum absolute atomic E-state index is 0.101. The maximum atomic E-state index is 11.7. The van der Waals surface area contributed by atoms with Crippen molar-refractivity contribution in [1.82, 2.24) is 10.2 Å². The fraction of sp³-hybridized carbons (Fsp3) is 0.917. The molecule has 2 heterocycles. The largest absolute Gasteiger partial charge is 0.364 e. The summed E-state index contributed by atoms with van der Waals surface area (Å²) in [5.41, 5.74) is 0. The predicted octanol–water partition coefficient (Wildman–Crippen LogP) is 0.717. The Labute approximate surface area is 107 Å². The van der Waals surface area contributed by atoms with Gasteiger partial charge in [0.25, 0.3) is 5.91 Å². The maximum absolute atomic E-state index is 11.7. The van der Waals surface area contributed by atoms with Gasteiger partial charge in [0.1, 0.15) is 6.10 Å². The first kappa shape index (κ1) is 13.2. The van der Waals surface area contributed by atoms with Crippen molar-refractivity contribution in [1.29, 1.82) is 0 Å². The van der Waals surface area contributed by atoms with Gasteiger partial charge in [-0.05, 0) is 25.0 Å². The number of hydrogen-bond acceptors (Lipinski definition) is 4. The van der Waals surface area contributed by atoms with Crippen LogP contribution in [0.25, 0.3) is 0 Å². The van der Waals surface area contributed by atoms with Gasteiger partial charge in [0.05, 0.1) is 6.10 Å². The highest BCUT2D eigenvalue weighted by Gasteiger charge is 2.31. The molecule has 0 radical (unpaired) electrons. The van der Waals surface area contributed by atoms with E-state index in [1.54, 1.807) is 19.0 Å². The normalized spacial score (nSPS) is 32.9. The van der Waals surface area contributed by atoms with E-state index in [9.17, 15) is 4.79 Å². The first-order valence-electron chi connectivity index (χ1n) is 6.34. The molecule has 0 unspecified atom stereocenters. The summed E-state index contributed by atoms with van der Waals surface area (Å²) in [6, 6.07) is 0.646. The third kappa shape index (κ3) is 3.60. The molecular weight excluding hydrogens is 236 g/mol. The topological polar surface area (TPSA) is 41.6 Å². The number of likely N-dealkylation sites (N-methyl/N-ethyl adjacent to an activating group) is 1. The predicted molar refractivity (Wildman–Crippen MR) is 70.3 cm³/mol. The molecule has 98 valence electrons. The average Bonchev–Trinajstić information content (AvgIpc) is 2.96. The zero-order valence-electron chi connectivity index (χ0n) is 10.6. The Bertz CT molecular complexity index is 267. The molecular formula is C12H22N2O2S. The number of thioether (sulfide) groups is 1. The Morgan fingerprint density at radius 1 is 1.41 bits per heavy atom. The summed E-state index contributed by atoms with van der Waals surface area (Å²) in [6.45, 7) is 0.891. The van der Waals surface area contributed by atoms with Crippen molar-refractivity contribution in [3.05, 3.63) is 0 Å². The average molecular weight is 258 g/mol. The molecule has 0 bridgehead atoms. The van der Waals surface area contributed by atoms with Crippen molar-refractivity contribution >= 4 is 17.7 Å². The summed E-state index contributed by atoms with van der Waals surface area (Å²) in [4.78, 5) is 13.3. The Morgan fingerprint density at radius 2 is 2.24 bits per heavy atom. The van der Waals surface area contributed by atoms with Crippen molar-refractivity contribution in [2.75, 3.05) is 32.1 Å². The Morgan fingerprint density at radius 3 is 2.88 bits per heavy atom. The smallest absolute Gasteiger partial charge is 0.251 e. The van der Waals surface area contributed by atoms with Crippen LogP contribution in [-0.2, 0) is 9.53 Å². The number of carbonyl (C=O) groups is 1. The lowest BCUT2D eigenvalue weighted by atomic mass is 10.1. The van der Waals surface area contributed by atoms with E-state index in [1.807, 2.05) is 11.8 Å². The molecule has 0 aromatic rings. The van der Waals surface area contributed by atoms with Crippen LogP contribution < -0.4 is 5.32 Å². The van der Waals surface area contributed by atoms with Gasteiger partial charge >= 0.3 is 0 Å². The van der Waals surface area contributed by atoms with Crippen LogP contribution in [0.1, 0.15) is 19.3 Å². The van der Waals surface area contributed by atoms with Gasteiger partial charge in [0.2, 0.25) is 0 Å². The monoisotopic (exact) mass is 258 g/mol. The fourth-order valence-corrected chi connectivity index (χ4v) is 3.51. The van der Waals surface area contributed by atoms with Gasteiger partial charge in [-0.3, -0.25) is 4.79 Å². The highest BCUT2D eigenvalue weighted by Crippen LogP contribution is 2.22. The molecule has 0 saturated carbocycles. The van der Waals surface area contributed by atoms with E-state index in [1.165, 1.54) is 17.9 Å². The standard InChI is InChI=1S/C12H22N2O2S/c1-14(2)12(15)11-4-3-10(16-11)7-13-9-5-6-17-8-9/h9-11,13H,3-8H2,1-2H3/t9-,10-,11-/m0/s1. The van der Waals surface area contributed by atoms with Gasteiger partial charge in [-0.2, -0.15) is 11.8 Å². The third-order valence-electron chi connectivity index (χ3n) is 3.39. The number of hydrogen-bond donors (Lipinski definition) is 1. The second kappa shape index (κ2) is 6.07. The molecule has 0 aromatic heterocycles. The van der Waals surface area contributed by atoms with E-state index in [4.69, 9.17) is 4.74 Å². The van der Waals surface area contributed by atoms with Crippen molar-refractivity contribution in [2.45, 2.75) is 37.5 Å². The van der Waals surface area contributed by atoms with E-state index in [0.717, 1.165) is 19.4 Å². The summed E-state index contributed by atoms with van der Waals surface area (Å²) in [6.07, 6.45) is 3.13. The van der Waals surface area contributed by atoms with Crippen LogP contribution in [0.5, 0.6) is 0 Å². The minimum Gasteiger partial charge on any atom is -0.364 e. The second-order valence-corrected chi connectivity index (χ2v) is 6.18. The van der Waals surface area contributed by atoms with E-state index in [0.29, 0.717) is 6.04 Å². The SMILES string of the molecule is CN(C)C(=O)[C@@H]1CC[C@@H](CN[C@H]2CCSC2)O1. The number of ether oxygens (including phenoxy) is 1. The molecule has 2 saturated heterocycles. The molecule has 2 aliphatic heterocycles. The van der Waals surface area contributed by atoms with Crippen molar-refractivity contribution < 1.29 is 9.53 Å². The molecule has 2 aliphatic rings. The van der Waals surface area contributed by atoms with Crippen LogP contribution in [-0.4, -0.2) is 61.2 Å². The second-order valence-electron chi connectivity index (χ2n) is 5.03. The lowest BCUT2D eigenvalue weighted by Crippen LogP contribution is -2.37. The third-order valence-corrected chi connectivity index (χ3v) is 4.55. The summed E-state index contributed by atoms with van der Waals surface area (Å²) < 4.78 is 5.78. The molecule has 0 aliphatic carbocycles. The summed E-state index contributed by atoms with van der Waals surface area (Å²) in [5.74, 6) is 2.58. The Kier molecular flexibility index (Phi) is 4.70. The first-order chi connectivity index (χ1) is 8.16. The zero-order chi connectivity index (χ0) is 12.3. The van der Waals surface area contributed by atoms with Crippen LogP contribution in [0.2, 0.25) is 0 Å². The molecule has 2 rings (SSSR count). The van der Waals surface area contributed by atoms with Gasteiger partial charge < -0.3 is 15.0 Å². The van der Waals surface area contributed by atoms with Crippen LogP contribution in [0.3, 0.4) is 0 Å².